The molecule has 2 heterocycles. The highest BCUT2D eigenvalue weighted by molar-refractivity contribution is 7.12. The molecule has 3 atom stereocenters. The zero-order valence-corrected chi connectivity index (χ0v) is 15.1. The zero-order valence-electron chi connectivity index (χ0n) is 14.3. The summed E-state index contributed by atoms with van der Waals surface area (Å²) in [5, 5.41) is 5.06. The first-order chi connectivity index (χ1) is 12.1. The second-order valence-corrected chi connectivity index (χ2v) is 8.12. The van der Waals surface area contributed by atoms with E-state index in [0.717, 1.165) is 29.8 Å². The first kappa shape index (κ1) is 16.3. The topological polar surface area (TPSA) is 49.4 Å². The van der Waals surface area contributed by atoms with E-state index in [4.69, 9.17) is 0 Å². The number of thiophene rings is 1. The van der Waals surface area contributed by atoms with E-state index in [2.05, 4.69) is 11.4 Å². The van der Waals surface area contributed by atoms with Crippen LogP contribution in [0.25, 0.3) is 0 Å². The van der Waals surface area contributed by atoms with E-state index in [1.54, 1.807) is 0 Å². The smallest absolute Gasteiger partial charge is 0.261 e. The number of likely N-dealkylation sites (tertiary alicyclic amines) is 1. The third-order valence-electron chi connectivity index (χ3n) is 5.30. The van der Waals surface area contributed by atoms with Crippen molar-refractivity contribution in [2.75, 3.05) is 6.54 Å². The number of rotatable bonds is 4. The summed E-state index contributed by atoms with van der Waals surface area (Å²) in [6.45, 7) is 2.88. The fourth-order valence-electron chi connectivity index (χ4n) is 4.21. The molecule has 2 aliphatic rings. The number of carbonyl (C=O) groups excluding carboxylic acids is 2. The normalized spacial score (nSPS) is 24.5. The van der Waals surface area contributed by atoms with Crippen molar-refractivity contribution < 1.29 is 9.59 Å². The van der Waals surface area contributed by atoms with Gasteiger partial charge in [0.25, 0.3) is 5.91 Å². The Morgan fingerprint density at radius 3 is 2.84 bits per heavy atom. The van der Waals surface area contributed by atoms with E-state index in [0.29, 0.717) is 12.3 Å². The minimum absolute atomic E-state index is 0.0152. The molecule has 4 rings (SSSR count). The van der Waals surface area contributed by atoms with Crippen molar-refractivity contribution in [2.45, 2.75) is 38.3 Å². The highest BCUT2D eigenvalue weighted by Crippen LogP contribution is 2.38. The first-order valence-corrected chi connectivity index (χ1v) is 9.67. The van der Waals surface area contributed by atoms with Crippen LogP contribution in [0.4, 0.5) is 0 Å². The number of nitrogens with zero attached hydrogens (tertiary/aromatic N) is 1. The summed E-state index contributed by atoms with van der Waals surface area (Å²) in [7, 11) is 0. The zero-order chi connectivity index (χ0) is 17.4. The van der Waals surface area contributed by atoms with Gasteiger partial charge in [0.1, 0.15) is 0 Å². The van der Waals surface area contributed by atoms with Crippen LogP contribution >= 0.6 is 11.3 Å². The molecule has 1 saturated heterocycles. The lowest BCUT2D eigenvalue weighted by molar-refractivity contribution is -0.132. The first-order valence-electron chi connectivity index (χ1n) is 8.79. The second kappa shape index (κ2) is 6.64. The van der Waals surface area contributed by atoms with Crippen LogP contribution in [0.2, 0.25) is 0 Å². The van der Waals surface area contributed by atoms with Gasteiger partial charge in [0.2, 0.25) is 5.91 Å². The maximum absolute atomic E-state index is 12.8. The number of amides is 2. The minimum atomic E-state index is -0.0152. The summed E-state index contributed by atoms with van der Waals surface area (Å²) in [5.41, 5.74) is 2.24. The maximum Gasteiger partial charge on any atom is 0.261 e. The van der Waals surface area contributed by atoms with Crippen LogP contribution < -0.4 is 5.32 Å². The van der Waals surface area contributed by atoms with E-state index >= 15 is 0 Å². The molecule has 2 aromatic rings. The van der Waals surface area contributed by atoms with Gasteiger partial charge in [-0.3, -0.25) is 9.59 Å². The number of fused-ring (bicyclic) bond motifs is 2. The number of piperidine rings is 1. The van der Waals surface area contributed by atoms with Crippen LogP contribution in [0.5, 0.6) is 0 Å². The van der Waals surface area contributed by atoms with Crippen molar-refractivity contribution in [1.82, 2.24) is 10.2 Å². The molecule has 4 nitrogen and oxygen atoms in total. The van der Waals surface area contributed by atoms with Gasteiger partial charge in [-0.1, -0.05) is 35.9 Å². The molecule has 1 aromatic carbocycles. The summed E-state index contributed by atoms with van der Waals surface area (Å²) < 4.78 is 0. The van der Waals surface area contributed by atoms with Crippen LogP contribution in [0.1, 0.15) is 33.6 Å². The molecule has 2 bridgehead atoms. The number of nitrogens with one attached hydrogen (secondary N) is 1. The minimum Gasteiger partial charge on any atom is -0.347 e. The summed E-state index contributed by atoms with van der Waals surface area (Å²) in [4.78, 5) is 27.9. The molecular formula is C20H22N2O2S. The summed E-state index contributed by atoms with van der Waals surface area (Å²) in [6, 6.07) is 12.1. The van der Waals surface area contributed by atoms with Gasteiger partial charge in [-0.2, -0.15) is 0 Å². The largest absolute Gasteiger partial charge is 0.347 e. The van der Waals surface area contributed by atoms with Gasteiger partial charge in [0, 0.05) is 12.6 Å². The van der Waals surface area contributed by atoms with Gasteiger partial charge >= 0.3 is 0 Å². The SMILES string of the molecule is Cc1cccc(CC(=O)N2C[C@@H]3C[C@H](NC(=O)c4cccs4)[C@H]2C3)c1. The summed E-state index contributed by atoms with van der Waals surface area (Å²) in [5.74, 6) is 0.673. The second-order valence-electron chi connectivity index (χ2n) is 7.17. The van der Waals surface area contributed by atoms with Crippen molar-refractivity contribution >= 4 is 23.2 Å². The molecule has 2 amide bonds. The monoisotopic (exact) mass is 354 g/mol. The average molecular weight is 354 g/mol. The Labute approximate surface area is 151 Å². The van der Waals surface area contributed by atoms with E-state index in [1.807, 2.05) is 47.5 Å². The van der Waals surface area contributed by atoms with Gasteiger partial charge in [0.05, 0.1) is 17.3 Å². The molecule has 5 heteroatoms. The Kier molecular flexibility index (Phi) is 4.34. The lowest BCUT2D eigenvalue weighted by atomic mass is 10.0. The van der Waals surface area contributed by atoms with Crippen molar-refractivity contribution in [1.29, 1.82) is 0 Å². The molecule has 0 unspecified atom stereocenters. The van der Waals surface area contributed by atoms with Crippen LogP contribution in [0, 0.1) is 12.8 Å². The average Bonchev–Trinajstić information content (AvgIpc) is 3.31. The number of benzene rings is 1. The van der Waals surface area contributed by atoms with E-state index in [1.165, 1.54) is 16.9 Å². The summed E-state index contributed by atoms with van der Waals surface area (Å²) in [6.07, 6.45) is 2.43. The molecule has 1 aliphatic carbocycles. The Bertz CT molecular complexity index is 787. The highest BCUT2D eigenvalue weighted by atomic mass is 32.1. The number of carbonyl (C=O) groups is 2. The summed E-state index contributed by atoms with van der Waals surface area (Å²) >= 11 is 1.45. The van der Waals surface area contributed by atoms with Crippen LogP contribution in [-0.4, -0.2) is 35.3 Å². The Morgan fingerprint density at radius 1 is 1.24 bits per heavy atom. The predicted octanol–water partition coefficient (Wildman–Crippen LogP) is 3.02. The molecule has 1 saturated carbocycles. The lowest BCUT2D eigenvalue weighted by Crippen LogP contribution is -2.52. The molecule has 0 spiro atoms. The fraction of sp³-hybridized carbons (Fsp3) is 0.400. The third-order valence-corrected chi connectivity index (χ3v) is 6.17. The van der Waals surface area contributed by atoms with E-state index in [-0.39, 0.29) is 23.9 Å². The van der Waals surface area contributed by atoms with Crippen LogP contribution in [0.15, 0.2) is 41.8 Å². The van der Waals surface area contributed by atoms with E-state index in [9.17, 15) is 9.59 Å². The molecule has 1 aliphatic heterocycles. The van der Waals surface area contributed by atoms with Gasteiger partial charge in [-0.25, -0.2) is 0 Å². The Hall–Kier alpha value is -2.14. The maximum atomic E-state index is 12.8. The molecule has 130 valence electrons. The van der Waals surface area contributed by atoms with Crippen molar-refractivity contribution in [3.05, 3.63) is 57.8 Å². The Morgan fingerprint density at radius 2 is 2.12 bits per heavy atom. The number of hydrogen-bond acceptors (Lipinski definition) is 3. The molecule has 2 fully saturated rings. The van der Waals surface area contributed by atoms with Crippen molar-refractivity contribution in [3.8, 4) is 0 Å². The molecule has 1 aromatic heterocycles. The van der Waals surface area contributed by atoms with Gasteiger partial charge in [0.15, 0.2) is 0 Å². The molecule has 1 N–H and O–H groups in total. The van der Waals surface area contributed by atoms with Gasteiger partial charge in [-0.05, 0) is 42.7 Å². The molecule has 25 heavy (non-hydrogen) atoms. The van der Waals surface area contributed by atoms with Crippen LogP contribution in [0.3, 0.4) is 0 Å². The van der Waals surface area contributed by atoms with Crippen LogP contribution in [-0.2, 0) is 11.2 Å². The predicted molar refractivity (Wildman–Crippen MR) is 98.7 cm³/mol. The Balaban J connectivity index is 1.42. The quantitative estimate of drug-likeness (QED) is 0.917. The third kappa shape index (κ3) is 3.33. The lowest BCUT2D eigenvalue weighted by Gasteiger charge is -2.33. The van der Waals surface area contributed by atoms with Gasteiger partial charge in [-0.15, -0.1) is 11.3 Å². The van der Waals surface area contributed by atoms with Crippen molar-refractivity contribution in [3.63, 3.8) is 0 Å². The molecular weight excluding hydrogens is 332 g/mol. The molecule has 0 radical (unpaired) electrons. The number of aryl methyl sites for hydroxylation is 1. The van der Waals surface area contributed by atoms with E-state index < -0.39 is 0 Å². The number of hydrogen-bond donors (Lipinski definition) is 1. The standard InChI is InChI=1S/C20H22N2O2S/c1-13-4-2-5-14(8-13)11-19(23)22-12-15-9-16(17(22)10-15)21-20(24)18-6-3-7-25-18/h2-8,15-17H,9-12H2,1H3,(H,21,24)/t15-,16+,17-/m1/s1. The van der Waals surface area contributed by atoms with Gasteiger partial charge < -0.3 is 10.2 Å². The fourth-order valence-corrected chi connectivity index (χ4v) is 4.84. The highest BCUT2D eigenvalue weighted by Gasteiger charge is 2.47. The van der Waals surface area contributed by atoms with Crippen molar-refractivity contribution in [2.24, 2.45) is 5.92 Å².